The Kier molecular flexibility index (Phi) is 7.98. The van der Waals surface area contributed by atoms with E-state index in [0.29, 0.717) is 5.02 Å². The van der Waals surface area contributed by atoms with Crippen molar-refractivity contribution in [1.82, 2.24) is 10.6 Å². The maximum absolute atomic E-state index is 12.7. The summed E-state index contributed by atoms with van der Waals surface area (Å²) in [5.41, 5.74) is -1.79. The molecule has 3 rings (SSSR count). The summed E-state index contributed by atoms with van der Waals surface area (Å²) in [6, 6.07) is 4.33. The summed E-state index contributed by atoms with van der Waals surface area (Å²) in [4.78, 5) is 62.2. The third-order valence-electron chi connectivity index (χ3n) is 5.62. The lowest BCUT2D eigenvalue weighted by Gasteiger charge is -2.43. The van der Waals surface area contributed by atoms with Crippen LogP contribution in [0.5, 0.6) is 0 Å². The number of hydrogen-bond acceptors (Lipinski definition) is 8. The van der Waals surface area contributed by atoms with Gasteiger partial charge in [-0.1, -0.05) is 43.5 Å². The smallest absolute Gasteiger partial charge is 0.594 e. The zero-order valence-electron chi connectivity index (χ0n) is 19.3. The second-order valence-corrected chi connectivity index (χ2v) is 9.65. The Morgan fingerprint density at radius 1 is 1.26 bits per heavy atom. The van der Waals surface area contributed by atoms with Crippen molar-refractivity contribution in [2.24, 2.45) is 5.92 Å². The molecule has 2 amide bonds. The van der Waals surface area contributed by atoms with E-state index in [4.69, 9.17) is 32.5 Å². The fourth-order valence-corrected chi connectivity index (χ4v) is 4.45. The molecule has 2 bridgehead atoms. The first-order chi connectivity index (χ1) is 16.4. The van der Waals surface area contributed by atoms with Gasteiger partial charge in [0.25, 0.3) is 11.9 Å². The zero-order chi connectivity index (χ0) is 26.0. The quantitative estimate of drug-likeness (QED) is 0.273. The minimum absolute atomic E-state index is 0.0402. The molecule has 11 nitrogen and oxygen atoms in total. The molecule has 2 fully saturated rings. The molecular weight excluding hydrogens is 506 g/mol. The Labute approximate surface area is 211 Å². The summed E-state index contributed by atoms with van der Waals surface area (Å²) in [6.07, 6.45) is -0.798. The standard InChI is InChI=1S/C21H25BCl2N2O9/c1-11(2)6-15(26-16(27)10-25-19(30)13-7-12(23)4-5-14(13)24)22-33-18(29)9-21(35-22,20(31)34-22)8-17(28)32-3/h4-5,7,11,15,33H,6,8-10H2,1-3H3,(H,25,30)(H,26,27)/t15-,21+,22?/m0/s1. The van der Waals surface area contributed by atoms with E-state index in [1.807, 2.05) is 13.8 Å². The molecule has 2 aliphatic heterocycles. The van der Waals surface area contributed by atoms with Gasteiger partial charge >= 0.3 is 18.7 Å². The van der Waals surface area contributed by atoms with Gasteiger partial charge < -0.3 is 29.3 Å². The topological polar surface area (TPSA) is 150 Å². The van der Waals surface area contributed by atoms with Crippen LogP contribution in [0.2, 0.25) is 10.0 Å². The molecule has 2 aliphatic rings. The van der Waals surface area contributed by atoms with Crippen LogP contribution >= 0.6 is 23.2 Å². The van der Waals surface area contributed by atoms with Crippen molar-refractivity contribution in [1.29, 1.82) is 0 Å². The second-order valence-electron chi connectivity index (χ2n) is 8.81. The number of amides is 2. The van der Waals surface area contributed by atoms with Gasteiger partial charge in [-0.3, -0.25) is 19.2 Å². The molecule has 0 spiro atoms. The molecule has 35 heavy (non-hydrogen) atoms. The van der Waals surface area contributed by atoms with Gasteiger partial charge in [0, 0.05) is 15.8 Å². The Balaban J connectivity index is 1.76. The maximum Gasteiger partial charge on any atom is 0.594 e. The SMILES string of the molecule is COC(=O)C[C@@]12CC(=O)[OH+][B-]([C@H](CC(C)C)NC(=O)CNC(=O)c3cc(Cl)ccc3Cl)(OC1=O)O2. The number of nitrogens with one attached hydrogen (secondary N) is 2. The summed E-state index contributed by atoms with van der Waals surface area (Å²) in [5, 5.41) is 5.53. The van der Waals surface area contributed by atoms with Crippen LogP contribution in [-0.2, 0) is 33.2 Å². The van der Waals surface area contributed by atoms with Crippen LogP contribution in [-0.4, -0.2) is 66.3 Å². The van der Waals surface area contributed by atoms with Gasteiger partial charge in [0.2, 0.25) is 5.91 Å². The third kappa shape index (κ3) is 5.88. The number of carbonyl (C=O) groups excluding carboxylic acids is 4. The Morgan fingerprint density at radius 2 is 1.97 bits per heavy atom. The first kappa shape index (κ1) is 26.8. The molecule has 0 aromatic heterocycles. The Morgan fingerprint density at radius 3 is 2.63 bits per heavy atom. The molecule has 3 atom stereocenters. The predicted octanol–water partition coefficient (Wildman–Crippen LogP) is 1.07. The highest BCUT2D eigenvalue weighted by Gasteiger charge is 2.68. The van der Waals surface area contributed by atoms with Gasteiger partial charge in [0.15, 0.2) is 5.60 Å². The minimum Gasteiger partial charge on any atom is -0.717 e. The number of ether oxygens (including phenoxy) is 1. The number of carboxylic acids is 1. The lowest BCUT2D eigenvalue weighted by atomic mass is 9.64. The van der Waals surface area contributed by atoms with Crippen molar-refractivity contribution in [3.8, 4) is 0 Å². The summed E-state index contributed by atoms with van der Waals surface area (Å²) >= 11 is 11.9. The number of esters is 1. The van der Waals surface area contributed by atoms with Gasteiger partial charge in [-0.05, 0) is 24.1 Å². The van der Waals surface area contributed by atoms with Crippen LogP contribution in [0.25, 0.3) is 0 Å². The van der Waals surface area contributed by atoms with Crippen LogP contribution in [0, 0.1) is 5.92 Å². The summed E-state index contributed by atoms with van der Waals surface area (Å²) in [5.74, 6) is -4.74. The summed E-state index contributed by atoms with van der Waals surface area (Å²) in [7, 11) is 1.14. The fourth-order valence-electron chi connectivity index (χ4n) is 4.08. The minimum atomic E-state index is -2.99. The van der Waals surface area contributed by atoms with Crippen molar-refractivity contribution < 1.29 is 42.7 Å². The van der Waals surface area contributed by atoms with Crippen LogP contribution in [0.15, 0.2) is 18.2 Å². The van der Waals surface area contributed by atoms with Gasteiger partial charge in [-0.2, -0.15) is 0 Å². The first-order valence-corrected chi connectivity index (χ1v) is 11.6. The maximum atomic E-state index is 12.7. The molecule has 0 saturated carbocycles. The van der Waals surface area contributed by atoms with E-state index in [0.717, 1.165) is 7.11 Å². The van der Waals surface area contributed by atoms with E-state index >= 15 is 0 Å². The lowest BCUT2D eigenvalue weighted by Crippen LogP contribution is -2.67. The summed E-state index contributed by atoms with van der Waals surface area (Å²) in [6.45, 7) is 0.238. The average Bonchev–Trinajstić information content (AvgIpc) is 2.98. The van der Waals surface area contributed by atoms with Crippen molar-refractivity contribution in [3.63, 3.8) is 0 Å². The predicted molar refractivity (Wildman–Crippen MR) is 124 cm³/mol. The van der Waals surface area contributed by atoms with Crippen LogP contribution in [0.3, 0.4) is 0 Å². The van der Waals surface area contributed by atoms with Crippen molar-refractivity contribution in [3.05, 3.63) is 33.8 Å². The third-order valence-corrected chi connectivity index (χ3v) is 6.19. The monoisotopic (exact) mass is 530 g/mol. The van der Waals surface area contributed by atoms with Gasteiger partial charge in [0.1, 0.15) is 6.42 Å². The second kappa shape index (κ2) is 10.4. The van der Waals surface area contributed by atoms with E-state index in [-0.39, 0.29) is 22.9 Å². The molecule has 0 aliphatic carbocycles. The molecular formula is C21H25BCl2N2O9. The lowest BCUT2D eigenvalue weighted by molar-refractivity contribution is -0.172. The van der Waals surface area contributed by atoms with Crippen molar-refractivity contribution in [2.75, 3.05) is 13.7 Å². The van der Waals surface area contributed by atoms with Gasteiger partial charge in [-0.25, -0.2) is 0 Å². The number of methoxy groups -OCH3 is 1. The van der Waals surface area contributed by atoms with Gasteiger partial charge in [-0.15, -0.1) is 0 Å². The molecule has 1 aromatic rings. The number of hydrogen-bond donors (Lipinski definition) is 2. The Hall–Kier alpha value is -2.83. The number of carbonyl (C=O) groups is 5. The van der Waals surface area contributed by atoms with Crippen LogP contribution in [0.1, 0.15) is 43.5 Å². The molecule has 3 N–H and O–H groups in total. The number of halogens is 2. The molecule has 1 aromatic carbocycles. The van der Waals surface area contributed by atoms with E-state index in [1.54, 1.807) is 0 Å². The molecule has 2 heterocycles. The van der Waals surface area contributed by atoms with Crippen LogP contribution in [0.4, 0.5) is 0 Å². The van der Waals surface area contributed by atoms with Crippen molar-refractivity contribution >= 4 is 59.7 Å². The highest BCUT2D eigenvalue weighted by atomic mass is 35.5. The molecule has 190 valence electrons. The number of aliphatic carboxylic acids is 1. The van der Waals surface area contributed by atoms with Crippen LogP contribution < -0.4 is 10.6 Å². The fraction of sp³-hybridized carbons (Fsp3) is 0.476. The molecule has 1 unspecified atom stereocenters. The molecule has 0 radical (unpaired) electrons. The highest BCUT2D eigenvalue weighted by Crippen LogP contribution is 2.42. The van der Waals surface area contributed by atoms with E-state index < -0.39 is 67.4 Å². The highest BCUT2D eigenvalue weighted by molar-refractivity contribution is 6.67. The number of rotatable bonds is 9. The first-order valence-electron chi connectivity index (χ1n) is 10.8. The average molecular weight is 531 g/mol. The molecule has 2 saturated heterocycles. The summed E-state index contributed by atoms with van der Waals surface area (Å²) < 4.78 is 19.9. The molecule has 14 heteroatoms. The zero-order valence-corrected chi connectivity index (χ0v) is 20.8. The van der Waals surface area contributed by atoms with Gasteiger partial charge in [0.05, 0.1) is 30.7 Å². The largest absolute Gasteiger partial charge is 0.717 e. The Bertz CT molecular complexity index is 1070. The van der Waals surface area contributed by atoms with Crippen molar-refractivity contribution in [2.45, 2.75) is 44.7 Å². The van der Waals surface area contributed by atoms with E-state index in [9.17, 15) is 24.0 Å². The normalized spacial score (nSPS) is 23.8. The number of benzene rings is 1. The van der Waals surface area contributed by atoms with E-state index in [2.05, 4.69) is 20.0 Å². The van der Waals surface area contributed by atoms with E-state index in [1.165, 1.54) is 18.2 Å². The number of fused-ring (bicyclic) bond motifs is 2.